The number of hydrogen-bond donors (Lipinski definition) is 3. The molecule has 168 valence electrons. The van der Waals surface area contributed by atoms with E-state index >= 15 is 0 Å². The van der Waals surface area contributed by atoms with Crippen molar-refractivity contribution < 1.29 is 23.6 Å². The summed E-state index contributed by atoms with van der Waals surface area (Å²) in [6.07, 6.45) is 2.30. The first-order valence-electron chi connectivity index (χ1n) is 10.4. The number of benzene rings is 2. The van der Waals surface area contributed by atoms with Gasteiger partial charge in [-0.15, -0.1) is 0 Å². The lowest BCUT2D eigenvalue weighted by molar-refractivity contribution is -0.144. The van der Waals surface area contributed by atoms with Crippen molar-refractivity contribution >= 4 is 44.2 Å². The first kappa shape index (κ1) is 21.1. The van der Waals surface area contributed by atoms with Crippen molar-refractivity contribution in [3.63, 3.8) is 0 Å². The standard InChI is InChI=1S/C23H19FN4O4S/c24-14-5-8-16-19(11-14)33-22(26-16)25-15-6-3-13(4-7-15)17-12-18(32-28-17)20(29)27-23(21(30)31)9-1-2-10-23/h3-8,11-12H,1-2,9-10H2,(H,25,26)(H,27,29)(H,30,31). The number of hydrogen-bond acceptors (Lipinski definition) is 7. The first-order valence-corrected chi connectivity index (χ1v) is 11.2. The molecule has 1 aliphatic carbocycles. The minimum Gasteiger partial charge on any atom is -0.480 e. The number of aromatic nitrogens is 2. The van der Waals surface area contributed by atoms with Crippen LogP contribution in [-0.2, 0) is 4.79 Å². The fraction of sp³-hybridized carbons (Fsp3) is 0.217. The second-order valence-electron chi connectivity index (χ2n) is 7.96. The van der Waals surface area contributed by atoms with Crippen molar-refractivity contribution in [1.82, 2.24) is 15.5 Å². The Morgan fingerprint density at radius 3 is 2.58 bits per heavy atom. The Bertz CT molecular complexity index is 1340. The fourth-order valence-electron chi connectivity index (χ4n) is 3.97. The topological polar surface area (TPSA) is 117 Å². The second-order valence-corrected chi connectivity index (χ2v) is 8.99. The molecule has 3 N–H and O–H groups in total. The second kappa shape index (κ2) is 8.28. The lowest BCUT2D eigenvalue weighted by Gasteiger charge is -2.24. The maximum atomic E-state index is 13.4. The van der Waals surface area contributed by atoms with E-state index in [1.54, 1.807) is 6.07 Å². The van der Waals surface area contributed by atoms with Crippen LogP contribution >= 0.6 is 11.3 Å². The summed E-state index contributed by atoms with van der Waals surface area (Å²) < 4.78 is 19.3. The monoisotopic (exact) mass is 466 g/mol. The van der Waals surface area contributed by atoms with Crippen LogP contribution in [0.2, 0.25) is 0 Å². The zero-order valence-electron chi connectivity index (χ0n) is 17.3. The Hall–Kier alpha value is -3.79. The van der Waals surface area contributed by atoms with E-state index in [-0.39, 0.29) is 11.6 Å². The number of anilines is 2. The summed E-state index contributed by atoms with van der Waals surface area (Å²) in [6, 6.07) is 13.2. The maximum absolute atomic E-state index is 13.4. The van der Waals surface area contributed by atoms with Gasteiger partial charge in [-0.05, 0) is 43.2 Å². The molecule has 1 amide bonds. The minimum absolute atomic E-state index is 0.0403. The third-order valence-electron chi connectivity index (χ3n) is 5.74. The van der Waals surface area contributed by atoms with Crippen LogP contribution in [0.1, 0.15) is 36.2 Å². The van der Waals surface area contributed by atoms with E-state index in [9.17, 15) is 19.1 Å². The van der Waals surface area contributed by atoms with Gasteiger partial charge in [-0.1, -0.05) is 41.5 Å². The molecule has 2 aromatic heterocycles. The molecule has 1 aliphatic rings. The van der Waals surface area contributed by atoms with E-state index in [2.05, 4.69) is 20.8 Å². The van der Waals surface area contributed by atoms with Gasteiger partial charge >= 0.3 is 5.97 Å². The number of fused-ring (bicyclic) bond motifs is 1. The molecule has 4 aromatic rings. The number of nitrogens with one attached hydrogen (secondary N) is 2. The molecule has 0 bridgehead atoms. The van der Waals surface area contributed by atoms with Crippen LogP contribution in [0, 0.1) is 5.82 Å². The van der Waals surface area contributed by atoms with Crippen LogP contribution in [-0.4, -0.2) is 32.7 Å². The average Bonchev–Trinajstić information content (AvgIpc) is 3.54. The molecule has 33 heavy (non-hydrogen) atoms. The van der Waals surface area contributed by atoms with Gasteiger partial charge in [-0.25, -0.2) is 14.2 Å². The molecule has 2 heterocycles. The summed E-state index contributed by atoms with van der Waals surface area (Å²) in [5.41, 5.74) is 1.44. The van der Waals surface area contributed by atoms with Crippen LogP contribution in [0.15, 0.2) is 53.1 Å². The zero-order valence-corrected chi connectivity index (χ0v) is 18.1. The number of thiazole rings is 1. The summed E-state index contributed by atoms with van der Waals surface area (Å²) in [6.45, 7) is 0. The van der Waals surface area contributed by atoms with E-state index < -0.39 is 17.4 Å². The number of nitrogens with zero attached hydrogens (tertiary/aromatic N) is 2. The number of aliphatic carboxylic acids is 1. The Morgan fingerprint density at radius 1 is 1.09 bits per heavy atom. The highest BCUT2D eigenvalue weighted by Crippen LogP contribution is 2.31. The average molecular weight is 466 g/mol. The molecule has 1 saturated carbocycles. The number of carbonyl (C=O) groups is 2. The van der Waals surface area contributed by atoms with Gasteiger partial charge in [-0.3, -0.25) is 4.79 Å². The molecule has 0 unspecified atom stereocenters. The molecule has 0 radical (unpaired) electrons. The largest absolute Gasteiger partial charge is 0.480 e. The van der Waals surface area contributed by atoms with E-state index in [1.807, 2.05) is 24.3 Å². The summed E-state index contributed by atoms with van der Waals surface area (Å²) in [5.74, 6) is -1.97. The molecule has 1 fully saturated rings. The highest BCUT2D eigenvalue weighted by molar-refractivity contribution is 7.22. The lowest BCUT2D eigenvalue weighted by Crippen LogP contribution is -2.52. The predicted molar refractivity (Wildman–Crippen MR) is 121 cm³/mol. The van der Waals surface area contributed by atoms with Gasteiger partial charge in [0.1, 0.15) is 17.1 Å². The summed E-state index contributed by atoms with van der Waals surface area (Å²) in [7, 11) is 0. The van der Waals surface area contributed by atoms with Gasteiger partial charge in [0.15, 0.2) is 5.13 Å². The maximum Gasteiger partial charge on any atom is 0.329 e. The van der Waals surface area contributed by atoms with Crippen molar-refractivity contribution in [2.45, 2.75) is 31.2 Å². The Morgan fingerprint density at radius 2 is 1.85 bits per heavy atom. The SMILES string of the molecule is O=C(NC1(C(=O)O)CCCC1)c1cc(-c2ccc(Nc3nc4ccc(F)cc4s3)cc2)no1. The molecule has 0 atom stereocenters. The molecule has 5 rings (SSSR count). The number of halogens is 1. The Balaban J connectivity index is 1.28. The van der Waals surface area contributed by atoms with Crippen LogP contribution in [0.3, 0.4) is 0 Å². The smallest absolute Gasteiger partial charge is 0.329 e. The summed E-state index contributed by atoms with van der Waals surface area (Å²) >= 11 is 1.35. The van der Waals surface area contributed by atoms with E-state index in [4.69, 9.17) is 4.52 Å². The van der Waals surface area contributed by atoms with Crippen molar-refractivity contribution in [3.8, 4) is 11.3 Å². The van der Waals surface area contributed by atoms with E-state index in [0.29, 0.717) is 23.7 Å². The number of carboxylic acids is 1. The summed E-state index contributed by atoms with van der Waals surface area (Å²) in [4.78, 5) is 28.7. The predicted octanol–water partition coefficient (Wildman–Crippen LogP) is 4.96. The Labute approximate surface area is 191 Å². The Kier molecular flexibility index (Phi) is 5.29. The molecule has 0 saturated heterocycles. The van der Waals surface area contributed by atoms with Gasteiger partial charge in [0.05, 0.1) is 10.2 Å². The molecular formula is C23H19FN4O4S. The highest BCUT2D eigenvalue weighted by atomic mass is 32.1. The van der Waals surface area contributed by atoms with Crippen LogP contribution in [0.5, 0.6) is 0 Å². The number of carboxylic acid groups (broad SMARTS) is 1. The third kappa shape index (κ3) is 4.17. The van der Waals surface area contributed by atoms with Gasteiger partial charge in [-0.2, -0.15) is 0 Å². The molecular weight excluding hydrogens is 447 g/mol. The zero-order chi connectivity index (χ0) is 23.0. The molecule has 0 aliphatic heterocycles. The number of carbonyl (C=O) groups excluding carboxylic acids is 1. The summed E-state index contributed by atoms with van der Waals surface area (Å²) in [5, 5.41) is 19.9. The third-order valence-corrected chi connectivity index (χ3v) is 6.67. The quantitative estimate of drug-likeness (QED) is 0.368. The normalized spacial score (nSPS) is 14.9. The molecule has 2 aromatic carbocycles. The van der Waals surface area contributed by atoms with Crippen LogP contribution < -0.4 is 10.6 Å². The van der Waals surface area contributed by atoms with Gasteiger partial charge in [0.25, 0.3) is 5.91 Å². The lowest BCUT2D eigenvalue weighted by atomic mass is 9.97. The highest BCUT2D eigenvalue weighted by Gasteiger charge is 2.43. The van der Waals surface area contributed by atoms with Crippen molar-refractivity contribution in [2.24, 2.45) is 0 Å². The van der Waals surface area contributed by atoms with E-state index in [1.165, 1.54) is 29.5 Å². The van der Waals surface area contributed by atoms with Crippen LogP contribution in [0.25, 0.3) is 21.5 Å². The van der Waals surface area contributed by atoms with Gasteiger partial charge in [0.2, 0.25) is 5.76 Å². The first-order chi connectivity index (χ1) is 15.9. The number of amides is 1. The van der Waals surface area contributed by atoms with Crippen molar-refractivity contribution in [2.75, 3.05) is 5.32 Å². The molecule has 0 spiro atoms. The van der Waals surface area contributed by atoms with Crippen LogP contribution in [0.4, 0.5) is 15.2 Å². The fourth-order valence-corrected chi connectivity index (χ4v) is 4.88. The molecule has 8 nitrogen and oxygen atoms in total. The van der Waals surface area contributed by atoms with Gasteiger partial charge < -0.3 is 20.3 Å². The minimum atomic E-state index is -1.25. The van der Waals surface area contributed by atoms with Crippen molar-refractivity contribution in [3.05, 3.63) is 60.1 Å². The van der Waals surface area contributed by atoms with Crippen molar-refractivity contribution in [1.29, 1.82) is 0 Å². The van der Waals surface area contributed by atoms with Gasteiger partial charge in [0, 0.05) is 17.3 Å². The van der Waals surface area contributed by atoms with E-state index in [0.717, 1.165) is 34.3 Å². The number of rotatable bonds is 6. The molecule has 10 heteroatoms.